The molecule has 5 aliphatic heterocycles. The molecular weight excluding hydrogens is 508 g/mol. The van der Waals surface area contributed by atoms with E-state index >= 15 is 0 Å². The lowest BCUT2D eigenvalue weighted by molar-refractivity contribution is -0.277. The molecule has 212 valence electrons. The number of hydrogen-bond donors (Lipinski definition) is 3. The van der Waals surface area contributed by atoms with E-state index in [1.165, 1.54) is 0 Å². The van der Waals surface area contributed by atoms with E-state index in [0.29, 0.717) is 17.8 Å². The Kier molecular flexibility index (Phi) is 4.89. The zero-order chi connectivity index (χ0) is 28.1. The van der Waals surface area contributed by atoms with Gasteiger partial charge in [0.15, 0.2) is 5.60 Å². The molecule has 7 rings (SSSR count). The summed E-state index contributed by atoms with van der Waals surface area (Å²) in [6.45, 7) is 9.31. The number of cyclic esters (lactones) is 1. The minimum atomic E-state index is -2.23. The normalized spacial score (nSPS) is 54.6. The fraction of sp³-hybridized carbons (Fsp3) is 0.759. The smallest absolute Gasteiger partial charge is 0.339 e. The lowest BCUT2D eigenvalue weighted by Crippen LogP contribution is -2.64. The lowest BCUT2D eigenvalue weighted by Gasteiger charge is -2.45. The molecule has 0 amide bonds. The van der Waals surface area contributed by atoms with E-state index in [2.05, 4.69) is 0 Å². The highest BCUT2D eigenvalue weighted by Crippen LogP contribution is 2.75. The molecule has 39 heavy (non-hydrogen) atoms. The monoisotopic (exact) mass is 544 g/mol. The molecule has 0 aromatic rings. The summed E-state index contributed by atoms with van der Waals surface area (Å²) in [5.74, 6) is -6.01. The first-order valence-electron chi connectivity index (χ1n) is 14.0. The van der Waals surface area contributed by atoms with Crippen molar-refractivity contribution >= 4 is 17.7 Å². The molecular formula is C29H36O10. The number of aliphatic hydroxyl groups is 3. The number of allylic oxidation sites excluding steroid dienone is 2. The van der Waals surface area contributed by atoms with E-state index in [1.54, 1.807) is 13.0 Å². The molecule has 0 radical (unpaired) electrons. The van der Waals surface area contributed by atoms with Crippen LogP contribution < -0.4 is 0 Å². The van der Waals surface area contributed by atoms with Gasteiger partial charge in [-0.3, -0.25) is 9.59 Å². The van der Waals surface area contributed by atoms with Gasteiger partial charge in [-0.1, -0.05) is 13.8 Å². The molecule has 10 heteroatoms. The van der Waals surface area contributed by atoms with E-state index in [1.807, 2.05) is 33.8 Å². The van der Waals surface area contributed by atoms with Crippen LogP contribution in [0.25, 0.3) is 0 Å². The topological polar surface area (TPSA) is 149 Å². The van der Waals surface area contributed by atoms with Crippen LogP contribution in [0.1, 0.15) is 60.3 Å². The fourth-order valence-corrected chi connectivity index (χ4v) is 9.74. The van der Waals surface area contributed by atoms with Crippen LogP contribution in [0.3, 0.4) is 0 Å². The summed E-state index contributed by atoms with van der Waals surface area (Å²) in [5.41, 5.74) is -3.97. The number of Topliss-reactive ketones (excluding diaryl/α,β-unsaturated/α-hetero) is 1. The van der Waals surface area contributed by atoms with E-state index in [4.69, 9.17) is 18.9 Å². The Labute approximate surface area is 226 Å². The van der Waals surface area contributed by atoms with Gasteiger partial charge in [-0.2, -0.15) is 0 Å². The summed E-state index contributed by atoms with van der Waals surface area (Å²) in [4.78, 5) is 38.5. The van der Waals surface area contributed by atoms with Crippen LogP contribution in [0, 0.1) is 35.0 Å². The lowest BCUT2D eigenvalue weighted by atomic mass is 9.67. The quantitative estimate of drug-likeness (QED) is 0.434. The van der Waals surface area contributed by atoms with Crippen LogP contribution in [0.5, 0.6) is 0 Å². The molecule has 2 spiro atoms. The summed E-state index contributed by atoms with van der Waals surface area (Å²) in [6, 6.07) is 0. The molecule has 2 bridgehead atoms. The molecule has 10 nitrogen and oxygen atoms in total. The van der Waals surface area contributed by atoms with Gasteiger partial charge in [0.2, 0.25) is 11.6 Å². The molecule has 2 aliphatic carbocycles. The van der Waals surface area contributed by atoms with Crippen LogP contribution in [0.15, 0.2) is 23.5 Å². The van der Waals surface area contributed by atoms with Crippen LogP contribution in [-0.2, 0) is 33.3 Å². The highest BCUT2D eigenvalue weighted by molar-refractivity contribution is 5.93. The number of aliphatic hydroxyl groups excluding tert-OH is 2. The summed E-state index contributed by atoms with van der Waals surface area (Å²) in [7, 11) is 0. The third-order valence-electron chi connectivity index (χ3n) is 11.3. The standard InChI is InChI=1S/C29H36O10/c1-12(8-14-9-13(2)23(33)36-14)19-21-26(19,5)6-7-27-20(22(32)29(21,35)39-27)15(30)10-16-25(3,4)37-17-11-18(31)38-28(16,17)24(27)34/h8-9,12,15-17,19-21,24,30,34-35H,6-7,10-11H2,1-5H3/b14-8-/t12-,15+,16+,17-,19-,20+,21+,24+,26-,27-,28-,29-/m1/s1. The van der Waals surface area contributed by atoms with Crippen molar-refractivity contribution in [2.45, 2.75) is 101 Å². The third kappa shape index (κ3) is 2.92. The van der Waals surface area contributed by atoms with Crippen LogP contribution in [-0.4, -0.2) is 73.9 Å². The molecule has 5 heterocycles. The molecule has 6 fully saturated rings. The maximum atomic E-state index is 14.1. The number of rotatable bonds is 2. The first-order valence-corrected chi connectivity index (χ1v) is 14.0. The maximum absolute atomic E-state index is 14.1. The first kappa shape index (κ1) is 25.8. The number of fused-ring (bicyclic) bond motifs is 3. The van der Waals surface area contributed by atoms with Gasteiger partial charge < -0.3 is 34.3 Å². The van der Waals surface area contributed by atoms with Crippen molar-refractivity contribution in [1.29, 1.82) is 0 Å². The van der Waals surface area contributed by atoms with Crippen molar-refractivity contribution in [1.82, 2.24) is 0 Å². The minimum absolute atomic E-state index is 0.0425. The molecule has 7 aliphatic rings. The number of ketones is 1. The van der Waals surface area contributed by atoms with Gasteiger partial charge in [0, 0.05) is 17.4 Å². The maximum Gasteiger partial charge on any atom is 0.339 e. The Morgan fingerprint density at radius 3 is 2.51 bits per heavy atom. The average molecular weight is 545 g/mol. The minimum Gasteiger partial charge on any atom is -0.453 e. The predicted octanol–water partition coefficient (Wildman–Crippen LogP) is 1.30. The first-order chi connectivity index (χ1) is 18.1. The van der Waals surface area contributed by atoms with Gasteiger partial charge >= 0.3 is 11.9 Å². The SMILES string of the molecule is CC1=C/C(=C/[C@@H](C)[C@@H]2[C@H]3[C@]2(C)CC[C@@]24O[C@@]3(O)C(=O)[C@@H]2[C@@H](O)C[C@H]2C(C)(C)O[C@@H]3CC(=O)O[C@@]32[C@H]4O)OC1=O. The zero-order valence-corrected chi connectivity index (χ0v) is 22.8. The number of esters is 2. The van der Waals surface area contributed by atoms with Gasteiger partial charge in [-0.15, -0.1) is 0 Å². The van der Waals surface area contributed by atoms with Crippen molar-refractivity contribution in [3.05, 3.63) is 23.5 Å². The fourth-order valence-electron chi connectivity index (χ4n) is 9.74. The van der Waals surface area contributed by atoms with E-state index in [0.717, 1.165) is 0 Å². The van der Waals surface area contributed by atoms with Crippen LogP contribution in [0.4, 0.5) is 0 Å². The molecule has 2 saturated carbocycles. The Morgan fingerprint density at radius 1 is 1.13 bits per heavy atom. The third-order valence-corrected chi connectivity index (χ3v) is 11.3. The predicted molar refractivity (Wildman–Crippen MR) is 131 cm³/mol. The van der Waals surface area contributed by atoms with E-state index in [9.17, 15) is 29.7 Å². The second-order valence-corrected chi connectivity index (χ2v) is 13.7. The Hall–Kier alpha value is -2.11. The van der Waals surface area contributed by atoms with Crippen LogP contribution >= 0.6 is 0 Å². The molecule has 4 saturated heterocycles. The van der Waals surface area contributed by atoms with Gasteiger partial charge in [-0.25, -0.2) is 4.79 Å². The zero-order valence-electron chi connectivity index (χ0n) is 22.8. The Morgan fingerprint density at radius 2 is 1.85 bits per heavy atom. The van der Waals surface area contributed by atoms with Crippen molar-refractivity contribution in [3.8, 4) is 0 Å². The molecule has 12 atom stereocenters. The number of hydrogen-bond acceptors (Lipinski definition) is 10. The molecule has 0 aromatic heterocycles. The number of carbonyl (C=O) groups excluding carboxylic acids is 3. The Bertz CT molecular complexity index is 1270. The van der Waals surface area contributed by atoms with Crippen LogP contribution in [0.2, 0.25) is 0 Å². The number of carbonyl (C=O) groups is 3. The van der Waals surface area contributed by atoms with Crippen molar-refractivity contribution < 1.29 is 48.7 Å². The van der Waals surface area contributed by atoms with E-state index < -0.39 is 81.8 Å². The summed E-state index contributed by atoms with van der Waals surface area (Å²) >= 11 is 0. The second kappa shape index (κ2) is 7.39. The average Bonchev–Trinajstić information content (AvgIpc) is 2.94. The number of ether oxygens (including phenoxy) is 4. The Balaban J connectivity index is 1.28. The molecule has 0 aromatic carbocycles. The summed E-state index contributed by atoms with van der Waals surface area (Å²) < 4.78 is 23.9. The van der Waals surface area contributed by atoms with Crippen molar-refractivity contribution in [2.75, 3.05) is 0 Å². The van der Waals surface area contributed by atoms with E-state index in [-0.39, 0.29) is 31.1 Å². The molecule has 0 unspecified atom stereocenters. The van der Waals surface area contributed by atoms with Gasteiger partial charge in [-0.05, 0) is 69.4 Å². The van der Waals surface area contributed by atoms with Gasteiger partial charge in [0.1, 0.15) is 23.6 Å². The van der Waals surface area contributed by atoms with Crippen molar-refractivity contribution in [2.24, 2.45) is 35.0 Å². The molecule has 3 N–H and O–H groups in total. The summed E-state index contributed by atoms with van der Waals surface area (Å²) in [5, 5.41) is 35.8. The largest absolute Gasteiger partial charge is 0.453 e. The highest BCUT2D eigenvalue weighted by Gasteiger charge is 2.85. The van der Waals surface area contributed by atoms with Crippen molar-refractivity contribution in [3.63, 3.8) is 0 Å². The van der Waals surface area contributed by atoms with Gasteiger partial charge in [0.25, 0.3) is 0 Å². The summed E-state index contributed by atoms with van der Waals surface area (Å²) in [6.07, 6.45) is 0.723. The highest BCUT2D eigenvalue weighted by atomic mass is 16.7. The second-order valence-electron chi connectivity index (χ2n) is 13.7. The van der Waals surface area contributed by atoms with Gasteiger partial charge in [0.05, 0.1) is 24.0 Å².